The van der Waals surface area contributed by atoms with E-state index in [-0.39, 0.29) is 17.6 Å². The van der Waals surface area contributed by atoms with Gasteiger partial charge in [-0.15, -0.1) is 0 Å². The number of esters is 1. The molecule has 0 radical (unpaired) electrons. The predicted octanol–water partition coefficient (Wildman–Crippen LogP) is 9.36. The molecule has 0 spiro atoms. The van der Waals surface area contributed by atoms with Gasteiger partial charge in [0.1, 0.15) is 5.75 Å². The smallest absolute Gasteiger partial charge is 0.308 e. The van der Waals surface area contributed by atoms with Crippen molar-refractivity contribution in [3.8, 4) is 5.75 Å². The van der Waals surface area contributed by atoms with Crippen LogP contribution in [0.5, 0.6) is 5.75 Å². The fraction of sp³-hybridized carbons (Fsp3) is 0.708. The van der Waals surface area contributed by atoms with Crippen molar-refractivity contribution in [1.82, 2.24) is 0 Å². The molecule has 0 aliphatic carbocycles. The molecule has 9 heteroatoms. The van der Waals surface area contributed by atoms with E-state index in [1.54, 1.807) is 12.1 Å². The number of rotatable bonds is 13. The normalized spacial score (nSPS) is 10.4. The van der Waals surface area contributed by atoms with E-state index in [1.165, 1.54) is 29.4 Å². The summed E-state index contributed by atoms with van der Waals surface area (Å²) in [6.45, 7) is 13.0. The summed E-state index contributed by atoms with van der Waals surface area (Å²) in [5, 5.41) is 9.12. The van der Waals surface area contributed by atoms with Gasteiger partial charge in [0, 0.05) is 23.0 Å². The van der Waals surface area contributed by atoms with Crippen molar-refractivity contribution in [3.63, 3.8) is 0 Å². The minimum atomic E-state index is -0.157. The molecule has 0 amide bonds. The second-order valence-electron chi connectivity index (χ2n) is 6.31. The van der Waals surface area contributed by atoms with Crippen molar-refractivity contribution in [3.05, 3.63) is 29.8 Å². The van der Waals surface area contributed by atoms with Crippen molar-refractivity contribution >= 4 is 70.7 Å². The Morgan fingerprint density at radius 2 is 1.36 bits per heavy atom. The van der Waals surface area contributed by atoms with E-state index in [2.05, 4.69) is 40.2 Å². The number of ether oxygens (including phenoxy) is 1. The highest BCUT2D eigenvalue weighted by atomic mass is 33.1. The largest absolute Gasteiger partial charge is 0.508 e. The maximum Gasteiger partial charge on any atom is 0.308 e. The molecule has 1 aromatic rings. The molecule has 0 aromatic heterocycles. The molecule has 0 aliphatic rings. The summed E-state index contributed by atoms with van der Waals surface area (Å²) in [5.74, 6) is 4.93. The molecular formula is C24H46O3S6. The number of carbonyl (C=O) groups excluding carboxylic acids is 1. The van der Waals surface area contributed by atoms with Crippen molar-refractivity contribution in [2.24, 2.45) is 5.92 Å². The van der Waals surface area contributed by atoms with Gasteiger partial charge < -0.3 is 9.84 Å². The third-order valence-corrected chi connectivity index (χ3v) is 9.74. The lowest BCUT2D eigenvalue weighted by atomic mass is 10.0. The molecule has 0 aliphatic heterocycles. The van der Waals surface area contributed by atoms with Crippen LogP contribution in [-0.2, 0) is 16.0 Å². The maximum absolute atomic E-state index is 11.5. The zero-order chi connectivity index (χ0) is 25.7. The van der Waals surface area contributed by atoms with E-state index in [4.69, 9.17) is 9.84 Å². The SMILES string of the molecule is CCCOC(=O)C(C)Cc1ccc(O)cc1.CCCSSC.CCSSC.CCSSCC. The quantitative estimate of drug-likeness (QED) is 0.141. The van der Waals surface area contributed by atoms with Gasteiger partial charge in [-0.3, -0.25) is 4.79 Å². The second kappa shape index (κ2) is 32.6. The molecule has 0 bridgehead atoms. The van der Waals surface area contributed by atoms with Gasteiger partial charge in [0.15, 0.2) is 0 Å². The Balaban J connectivity index is -0.000000436. The van der Waals surface area contributed by atoms with E-state index < -0.39 is 0 Å². The molecule has 0 heterocycles. The number of hydrogen-bond acceptors (Lipinski definition) is 9. The number of carbonyl (C=O) groups is 1. The van der Waals surface area contributed by atoms with Crippen LogP contribution < -0.4 is 0 Å². The summed E-state index contributed by atoms with van der Waals surface area (Å²) >= 11 is 0. The lowest BCUT2D eigenvalue weighted by Gasteiger charge is -2.10. The van der Waals surface area contributed by atoms with Crippen LogP contribution in [0.4, 0.5) is 0 Å². The molecule has 0 saturated carbocycles. The monoisotopic (exact) mass is 574 g/mol. The Kier molecular flexibility index (Phi) is 37.7. The molecule has 1 rings (SSSR count). The number of aromatic hydroxyl groups is 1. The summed E-state index contributed by atoms with van der Waals surface area (Å²) in [4.78, 5) is 11.5. The minimum absolute atomic E-state index is 0.143. The van der Waals surface area contributed by atoms with Gasteiger partial charge in [-0.05, 0) is 49.5 Å². The molecular weight excluding hydrogens is 529 g/mol. The average molecular weight is 575 g/mol. The predicted molar refractivity (Wildman–Crippen MR) is 166 cm³/mol. The van der Waals surface area contributed by atoms with Crippen LogP contribution in [0.25, 0.3) is 0 Å². The van der Waals surface area contributed by atoms with Gasteiger partial charge >= 0.3 is 5.97 Å². The van der Waals surface area contributed by atoms with Crippen LogP contribution in [0.3, 0.4) is 0 Å². The molecule has 196 valence electrons. The lowest BCUT2D eigenvalue weighted by Crippen LogP contribution is -2.17. The van der Waals surface area contributed by atoms with E-state index >= 15 is 0 Å². The molecule has 3 nitrogen and oxygen atoms in total. The third kappa shape index (κ3) is 32.6. The fourth-order valence-corrected chi connectivity index (χ4v) is 5.47. The van der Waals surface area contributed by atoms with Crippen molar-refractivity contribution < 1.29 is 14.6 Å². The summed E-state index contributed by atoms with van der Waals surface area (Å²) in [7, 11) is 11.3. The van der Waals surface area contributed by atoms with Gasteiger partial charge in [0.2, 0.25) is 0 Å². The molecule has 0 fully saturated rings. The van der Waals surface area contributed by atoms with E-state index in [0.717, 1.165) is 12.0 Å². The zero-order valence-electron chi connectivity index (χ0n) is 21.8. The zero-order valence-corrected chi connectivity index (χ0v) is 26.7. The Bertz CT molecular complexity index is 485. The molecule has 33 heavy (non-hydrogen) atoms. The van der Waals surface area contributed by atoms with Crippen LogP contribution in [0.15, 0.2) is 24.3 Å². The van der Waals surface area contributed by atoms with Gasteiger partial charge in [-0.25, -0.2) is 0 Å². The molecule has 1 atom stereocenters. The highest BCUT2D eigenvalue weighted by Gasteiger charge is 2.14. The first kappa shape index (κ1) is 38.1. The Labute approximate surface area is 228 Å². The second-order valence-corrected chi connectivity index (χ2v) is 14.9. The molecule has 0 saturated heterocycles. The minimum Gasteiger partial charge on any atom is -0.508 e. The van der Waals surface area contributed by atoms with Crippen LogP contribution in [0, 0.1) is 5.92 Å². The van der Waals surface area contributed by atoms with Crippen molar-refractivity contribution in [2.75, 3.05) is 42.1 Å². The Morgan fingerprint density at radius 1 is 0.848 bits per heavy atom. The molecule has 1 N–H and O–H groups in total. The van der Waals surface area contributed by atoms with E-state index in [1.807, 2.05) is 90.7 Å². The number of benzene rings is 1. The van der Waals surface area contributed by atoms with E-state index in [0.29, 0.717) is 13.0 Å². The summed E-state index contributed by atoms with van der Waals surface area (Å²) in [5.41, 5.74) is 1.03. The highest BCUT2D eigenvalue weighted by molar-refractivity contribution is 8.77. The average Bonchev–Trinajstić information content (AvgIpc) is 2.83. The maximum atomic E-state index is 11.5. The Morgan fingerprint density at radius 3 is 1.70 bits per heavy atom. The van der Waals surface area contributed by atoms with Crippen LogP contribution in [0.1, 0.15) is 59.9 Å². The first-order chi connectivity index (χ1) is 15.9. The molecule has 1 unspecified atom stereocenters. The number of hydrogen-bond donors (Lipinski definition) is 1. The van der Waals surface area contributed by atoms with E-state index in [9.17, 15) is 4.79 Å². The third-order valence-electron chi connectivity index (χ3n) is 3.29. The fourth-order valence-electron chi connectivity index (χ4n) is 1.87. The first-order valence-corrected chi connectivity index (χ1v) is 19.3. The van der Waals surface area contributed by atoms with Crippen LogP contribution in [-0.4, -0.2) is 53.2 Å². The number of phenolic OH excluding ortho intramolecular Hbond substituents is 1. The molecule has 1 aromatic carbocycles. The van der Waals surface area contributed by atoms with Gasteiger partial charge in [-0.2, -0.15) is 0 Å². The number of phenols is 1. The summed E-state index contributed by atoms with van der Waals surface area (Å²) in [6.07, 6.45) is 6.99. The topological polar surface area (TPSA) is 46.5 Å². The first-order valence-electron chi connectivity index (χ1n) is 11.4. The summed E-state index contributed by atoms with van der Waals surface area (Å²) < 4.78 is 5.06. The van der Waals surface area contributed by atoms with Crippen molar-refractivity contribution in [2.45, 2.75) is 60.8 Å². The lowest BCUT2D eigenvalue weighted by molar-refractivity contribution is -0.147. The van der Waals surface area contributed by atoms with Gasteiger partial charge in [0.05, 0.1) is 12.5 Å². The van der Waals surface area contributed by atoms with Gasteiger partial charge in [-0.1, -0.05) is 118 Å². The van der Waals surface area contributed by atoms with Crippen molar-refractivity contribution in [1.29, 1.82) is 0 Å². The summed E-state index contributed by atoms with van der Waals surface area (Å²) in [6, 6.07) is 6.89. The van der Waals surface area contributed by atoms with Gasteiger partial charge in [0.25, 0.3) is 0 Å². The van der Waals surface area contributed by atoms with Crippen LogP contribution in [0.2, 0.25) is 0 Å². The highest BCUT2D eigenvalue weighted by Crippen LogP contribution is 2.18. The standard InChI is InChI=1S/C13H18O3.2C4H10S2.C3H8S2/c1-3-8-16-13(15)10(2)9-11-4-6-12(14)7-5-11;1-3-4-6-5-2;1-3-5-6-4-2;1-3-5-4-2/h4-7,10,14H,3,8-9H2,1-2H3;2*3-4H2,1-2H3;3H2,1-2H3. The Hall–Kier alpha value is 0.590. The van der Waals surface area contributed by atoms with Crippen LogP contribution >= 0.6 is 64.8 Å².